The molecule has 1 fully saturated rings. The minimum atomic E-state index is 0.311. The van der Waals surface area contributed by atoms with E-state index in [0.29, 0.717) is 12.0 Å². The largest absolute Gasteiger partial charge is 0.368 e. The summed E-state index contributed by atoms with van der Waals surface area (Å²) in [5, 5.41) is 5.76. The number of hydrogen-bond donors (Lipinski definition) is 2. The van der Waals surface area contributed by atoms with E-state index in [1.165, 1.54) is 32.1 Å². The Morgan fingerprint density at radius 1 is 0.857 bits per heavy atom. The summed E-state index contributed by atoms with van der Waals surface area (Å²) in [6.45, 7) is 0. The molecule has 2 aromatic heterocycles. The van der Waals surface area contributed by atoms with Gasteiger partial charge in [0.1, 0.15) is 5.82 Å². The number of nitrogens with two attached hydrogens (primary N) is 1. The van der Waals surface area contributed by atoms with Crippen molar-refractivity contribution in [1.29, 1.82) is 0 Å². The van der Waals surface area contributed by atoms with Crippen molar-refractivity contribution in [3.63, 3.8) is 0 Å². The predicted octanol–water partition coefficient (Wildman–Crippen LogP) is 5.17. The van der Waals surface area contributed by atoms with Gasteiger partial charge in [0.2, 0.25) is 5.95 Å². The molecule has 2 aromatic carbocycles. The second-order valence-electron chi connectivity index (χ2n) is 7.56. The Kier molecular flexibility index (Phi) is 4.28. The van der Waals surface area contributed by atoms with Crippen LogP contribution in [0.5, 0.6) is 0 Å². The van der Waals surface area contributed by atoms with E-state index in [1.807, 2.05) is 30.5 Å². The summed E-state index contributed by atoms with van der Waals surface area (Å²) < 4.78 is 0. The van der Waals surface area contributed by atoms with Crippen LogP contribution in [-0.2, 0) is 0 Å². The molecule has 0 aliphatic heterocycles. The highest BCUT2D eigenvalue weighted by Crippen LogP contribution is 2.30. The molecule has 5 nitrogen and oxygen atoms in total. The van der Waals surface area contributed by atoms with Crippen molar-refractivity contribution in [1.82, 2.24) is 15.0 Å². The van der Waals surface area contributed by atoms with E-state index in [9.17, 15) is 0 Å². The van der Waals surface area contributed by atoms with Crippen LogP contribution in [0.2, 0.25) is 0 Å². The molecule has 0 radical (unpaired) electrons. The molecule has 0 atom stereocenters. The van der Waals surface area contributed by atoms with E-state index >= 15 is 0 Å². The van der Waals surface area contributed by atoms with Crippen molar-refractivity contribution in [3.8, 4) is 11.1 Å². The van der Waals surface area contributed by atoms with E-state index in [0.717, 1.165) is 38.8 Å². The summed E-state index contributed by atoms with van der Waals surface area (Å²) >= 11 is 0. The maximum Gasteiger partial charge on any atom is 0.222 e. The summed E-state index contributed by atoms with van der Waals surface area (Å²) in [4.78, 5) is 13.5. The van der Waals surface area contributed by atoms with Crippen molar-refractivity contribution in [3.05, 3.63) is 54.7 Å². The van der Waals surface area contributed by atoms with E-state index < -0.39 is 0 Å². The first-order valence-corrected chi connectivity index (χ1v) is 9.95. The van der Waals surface area contributed by atoms with E-state index in [4.69, 9.17) is 5.73 Å². The Bertz CT molecular complexity index is 1150. The van der Waals surface area contributed by atoms with Crippen LogP contribution in [0.4, 0.5) is 11.8 Å². The van der Waals surface area contributed by atoms with Crippen LogP contribution in [-0.4, -0.2) is 21.0 Å². The predicted molar refractivity (Wildman–Crippen MR) is 115 cm³/mol. The van der Waals surface area contributed by atoms with Crippen molar-refractivity contribution < 1.29 is 0 Å². The highest BCUT2D eigenvalue weighted by Gasteiger charge is 2.16. The van der Waals surface area contributed by atoms with Gasteiger partial charge in [0, 0.05) is 28.6 Å². The number of nitrogen functional groups attached to an aromatic ring is 1. The molecule has 4 aromatic rings. The first-order chi connectivity index (χ1) is 13.8. The number of anilines is 2. The maximum atomic E-state index is 5.97. The zero-order valence-corrected chi connectivity index (χ0v) is 15.7. The molecule has 0 saturated heterocycles. The van der Waals surface area contributed by atoms with E-state index in [-0.39, 0.29) is 0 Å². The molecule has 1 aliphatic carbocycles. The lowest BCUT2D eigenvalue weighted by Gasteiger charge is -2.24. The van der Waals surface area contributed by atoms with Gasteiger partial charge < -0.3 is 11.1 Å². The summed E-state index contributed by atoms with van der Waals surface area (Å²) in [6.07, 6.45) is 8.15. The molecule has 2 heterocycles. The van der Waals surface area contributed by atoms with Gasteiger partial charge in [-0.1, -0.05) is 43.5 Å². The Hall–Kier alpha value is -3.21. The fourth-order valence-corrected chi connectivity index (χ4v) is 4.11. The van der Waals surface area contributed by atoms with Gasteiger partial charge in [-0.2, -0.15) is 4.98 Å². The lowest BCUT2D eigenvalue weighted by molar-refractivity contribution is 0.462. The smallest absolute Gasteiger partial charge is 0.222 e. The number of para-hydroxylation sites is 1. The Morgan fingerprint density at radius 2 is 1.71 bits per heavy atom. The topological polar surface area (TPSA) is 76.7 Å². The second kappa shape index (κ2) is 7.08. The molecule has 140 valence electrons. The van der Waals surface area contributed by atoms with Gasteiger partial charge in [-0.25, -0.2) is 4.98 Å². The van der Waals surface area contributed by atoms with Gasteiger partial charge in [-0.05, 0) is 42.7 Å². The molecule has 28 heavy (non-hydrogen) atoms. The van der Waals surface area contributed by atoms with Crippen LogP contribution in [0.1, 0.15) is 32.1 Å². The van der Waals surface area contributed by atoms with Crippen LogP contribution in [0, 0.1) is 0 Å². The number of hydrogen-bond acceptors (Lipinski definition) is 5. The quantitative estimate of drug-likeness (QED) is 0.521. The molecule has 5 rings (SSSR count). The molecular weight excluding hydrogens is 346 g/mol. The third kappa shape index (κ3) is 3.24. The summed E-state index contributed by atoms with van der Waals surface area (Å²) in [5.41, 5.74) is 10.0. The fraction of sp³-hybridized carbons (Fsp3) is 0.261. The van der Waals surface area contributed by atoms with Crippen LogP contribution in [0.25, 0.3) is 32.9 Å². The zero-order valence-electron chi connectivity index (χ0n) is 15.7. The number of nitrogens with zero attached hydrogens (tertiary/aromatic N) is 3. The Morgan fingerprint density at radius 3 is 2.61 bits per heavy atom. The third-order valence-electron chi connectivity index (χ3n) is 5.58. The third-order valence-corrected chi connectivity index (χ3v) is 5.58. The number of aromatic nitrogens is 3. The average Bonchev–Trinajstić information content (AvgIpc) is 2.74. The lowest BCUT2D eigenvalue weighted by atomic mass is 9.95. The normalized spacial score (nSPS) is 15.1. The Labute approximate surface area is 164 Å². The molecule has 1 aliphatic rings. The van der Waals surface area contributed by atoms with Gasteiger partial charge in [0.25, 0.3) is 0 Å². The SMILES string of the molecule is Nc1nc(NC2CCCCC2)c2cc(-c3cnc4ccccc4c3)ccc2n1. The number of fused-ring (bicyclic) bond motifs is 2. The second-order valence-corrected chi connectivity index (χ2v) is 7.56. The lowest BCUT2D eigenvalue weighted by Crippen LogP contribution is -2.23. The standard InChI is InChI=1S/C23H23N5/c24-23-27-21-11-10-15(17-12-16-6-4-5-9-20(16)25-14-17)13-19(21)22(28-23)26-18-7-2-1-3-8-18/h4-6,9-14,18H,1-3,7-8H2,(H3,24,26,27,28). The maximum absolute atomic E-state index is 5.97. The molecule has 3 N–H and O–H groups in total. The first-order valence-electron chi connectivity index (χ1n) is 9.95. The molecular formula is C23H23N5. The number of nitrogens with one attached hydrogen (secondary N) is 1. The van der Waals surface area contributed by atoms with Crippen molar-refractivity contribution in [2.75, 3.05) is 11.1 Å². The molecule has 0 bridgehead atoms. The van der Waals surface area contributed by atoms with Gasteiger partial charge in [-0.15, -0.1) is 0 Å². The fourth-order valence-electron chi connectivity index (χ4n) is 4.11. The minimum absolute atomic E-state index is 0.311. The first kappa shape index (κ1) is 16.9. The molecule has 0 unspecified atom stereocenters. The van der Waals surface area contributed by atoms with Gasteiger partial charge in [0.05, 0.1) is 11.0 Å². The monoisotopic (exact) mass is 369 g/mol. The van der Waals surface area contributed by atoms with Crippen molar-refractivity contribution in [2.45, 2.75) is 38.1 Å². The highest BCUT2D eigenvalue weighted by atomic mass is 15.1. The molecule has 5 heteroatoms. The van der Waals surface area contributed by atoms with Crippen LogP contribution >= 0.6 is 0 Å². The van der Waals surface area contributed by atoms with Crippen LogP contribution in [0.3, 0.4) is 0 Å². The van der Waals surface area contributed by atoms with Gasteiger partial charge >= 0.3 is 0 Å². The highest BCUT2D eigenvalue weighted by molar-refractivity contribution is 5.94. The zero-order chi connectivity index (χ0) is 18.9. The van der Waals surface area contributed by atoms with Crippen molar-refractivity contribution in [2.24, 2.45) is 0 Å². The minimum Gasteiger partial charge on any atom is -0.368 e. The van der Waals surface area contributed by atoms with Crippen LogP contribution < -0.4 is 11.1 Å². The van der Waals surface area contributed by atoms with Gasteiger partial charge in [-0.3, -0.25) is 4.98 Å². The number of rotatable bonds is 3. The average molecular weight is 369 g/mol. The van der Waals surface area contributed by atoms with Crippen LogP contribution in [0.15, 0.2) is 54.7 Å². The number of pyridine rings is 1. The summed E-state index contributed by atoms with van der Waals surface area (Å²) in [7, 11) is 0. The molecule has 1 saturated carbocycles. The van der Waals surface area contributed by atoms with Gasteiger partial charge in [0.15, 0.2) is 0 Å². The molecule has 0 amide bonds. The summed E-state index contributed by atoms with van der Waals surface area (Å²) in [5.74, 6) is 1.15. The van der Waals surface area contributed by atoms with E-state index in [2.05, 4.69) is 44.5 Å². The van der Waals surface area contributed by atoms with Crippen molar-refractivity contribution >= 4 is 33.6 Å². The Balaban J connectivity index is 1.58. The summed E-state index contributed by atoms with van der Waals surface area (Å²) in [6, 6.07) is 17.0. The number of benzene rings is 2. The van der Waals surface area contributed by atoms with E-state index in [1.54, 1.807) is 0 Å². The molecule has 0 spiro atoms.